The number of rotatable bonds is 3. The summed E-state index contributed by atoms with van der Waals surface area (Å²) in [5, 5.41) is 10.7. The molecule has 0 aliphatic rings. The van der Waals surface area contributed by atoms with Gasteiger partial charge in [-0.1, -0.05) is 6.07 Å². The minimum atomic E-state index is -0.309. The van der Waals surface area contributed by atoms with Crippen LogP contribution in [0.3, 0.4) is 0 Å². The van der Waals surface area contributed by atoms with Crippen molar-refractivity contribution >= 4 is 5.95 Å². The van der Waals surface area contributed by atoms with E-state index >= 15 is 0 Å². The summed E-state index contributed by atoms with van der Waals surface area (Å²) in [6.45, 7) is 0.241. The Kier molecular flexibility index (Phi) is 2.82. The van der Waals surface area contributed by atoms with Crippen molar-refractivity contribution in [1.82, 2.24) is 14.8 Å². The second-order valence-electron chi connectivity index (χ2n) is 3.21. The third kappa shape index (κ3) is 1.74. The van der Waals surface area contributed by atoms with Crippen LogP contribution in [0.2, 0.25) is 0 Å². The van der Waals surface area contributed by atoms with Gasteiger partial charge in [0.05, 0.1) is 12.2 Å². The monoisotopic (exact) mass is 221 g/mol. The maximum atomic E-state index is 13.1. The van der Waals surface area contributed by atoms with Crippen LogP contribution in [0, 0.1) is 5.82 Å². The van der Waals surface area contributed by atoms with Crippen molar-refractivity contribution in [3.05, 3.63) is 35.9 Å². The minimum Gasteiger partial charge on any atom is -0.357 e. The molecule has 0 radical (unpaired) electrons. The van der Waals surface area contributed by atoms with Gasteiger partial charge in [-0.3, -0.25) is 4.57 Å². The van der Waals surface area contributed by atoms with Crippen molar-refractivity contribution in [3.8, 4) is 5.69 Å². The van der Waals surface area contributed by atoms with Crippen molar-refractivity contribution in [1.29, 1.82) is 0 Å². The average molecular weight is 221 g/mol. The molecule has 1 heterocycles. The highest BCUT2D eigenvalue weighted by molar-refractivity contribution is 5.42. The molecule has 0 unspecified atom stereocenters. The number of aromatic nitrogens is 3. The summed E-state index contributed by atoms with van der Waals surface area (Å²) in [6.07, 6.45) is 0. The Hall–Kier alpha value is -1.95. The maximum Gasteiger partial charge on any atom is 0.229 e. The molecule has 0 spiro atoms. The number of hydrogen-bond acceptors (Lipinski definition) is 4. The summed E-state index contributed by atoms with van der Waals surface area (Å²) in [4.78, 5) is 0. The quantitative estimate of drug-likeness (QED) is 0.808. The van der Waals surface area contributed by atoms with Crippen LogP contribution in [0.25, 0.3) is 5.69 Å². The van der Waals surface area contributed by atoms with Crippen molar-refractivity contribution in [2.45, 2.75) is 6.54 Å². The lowest BCUT2D eigenvalue weighted by Gasteiger charge is -2.08. The van der Waals surface area contributed by atoms with E-state index in [-0.39, 0.29) is 12.4 Å². The molecule has 2 rings (SSSR count). The van der Waals surface area contributed by atoms with Crippen molar-refractivity contribution in [2.75, 3.05) is 12.4 Å². The number of nitrogens with zero attached hydrogens (tertiary/aromatic N) is 3. The molecule has 0 amide bonds. The van der Waals surface area contributed by atoms with Crippen LogP contribution in [-0.4, -0.2) is 21.8 Å². The van der Waals surface area contributed by atoms with Gasteiger partial charge in [0.25, 0.3) is 0 Å². The Labute approximate surface area is 92.1 Å². The molecule has 3 N–H and O–H groups in total. The summed E-state index contributed by atoms with van der Waals surface area (Å²) in [7, 11) is 1.72. The number of nitrogens with two attached hydrogens (primary N) is 1. The van der Waals surface area contributed by atoms with E-state index in [1.807, 2.05) is 0 Å². The highest BCUT2D eigenvalue weighted by atomic mass is 19.1. The Morgan fingerprint density at radius 2 is 2.25 bits per heavy atom. The molecule has 0 fully saturated rings. The molecule has 0 aliphatic carbocycles. The van der Waals surface area contributed by atoms with E-state index in [2.05, 4.69) is 15.5 Å². The highest BCUT2D eigenvalue weighted by Gasteiger charge is 2.11. The summed E-state index contributed by atoms with van der Waals surface area (Å²) in [6, 6.07) is 6.19. The number of anilines is 1. The SMILES string of the molecule is CNc1nnc(CN)n1-c1cccc(F)c1. The first-order valence-corrected chi connectivity index (χ1v) is 4.84. The largest absolute Gasteiger partial charge is 0.357 e. The van der Waals surface area contributed by atoms with Crippen molar-refractivity contribution in [2.24, 2.45) is 5.73 Å². The minimum absolute atomic E-state index is 0.241. The predicted octanol–water partition coefficient (Wildman–Crippen LogP) is 0.907. The molecule has 0 atom stereocenters. The van der Waals surface area contributed by atoms with Crippen LogP contribution in [0.1, 0.15) is 5.82 Å². The molecule has 0 saturated carbocycles. The van der Waals surface area contributed by atoms with Crippen LogP contribution < -0.4 is 11.1 Å². The van der Waals surface area contributed by atoms with Crippen LogP contribution in [-0.2, 0) is 6.54 Å². The summed E-state index contributed by atoms with van der Waals surface area (Å²) >= 11 is 0. The van der Waals surface area contributed by atoms with E-state index in [9.17, 15) is 4.39 Å². The fourth-order valence-electron chi connectivity index (χ4n) is 1.50. The van der Waals surface area contributed by atoms with Gasteiger partial charge in [-0.05, 0) is 18.2 Å². The van der Waals surface area contributed by atoms with Crippen LogP contribution in [0.4, 0.5) is 10.3 Å². The number of halogens is 1. The Morgan fingerprint density at radius 1 is 1.44 bits per heavy atom. The van der Waals surface area contributed by atoms with Gasteiger partial charge in [-0.2, -0.15) is 0 Å². The highest BCUT2D eigenvalue weighted by Crippen LogP contribution is 2.16. The average Bonchev–Trinajstić information content (AvgIpc) is 2.71. The van der Waals surface area contributed by atoms with Crippen molar-refractivity contribution < 1.29 is 4.39 Å². The molecule has 1 aromatic heterocycles. The van der Waals surface area contributed by atoms with Gasteiger partial charge in [0.15, 0.2) is 5.82 Å². The summed E-state index contributed by atoms with van der Waals surface area (Å²) < 4.78 is 14.8. The maximum absolute atomic E-state index is 13.1. The Morgan fingerprint density at radius 3 is 2.88 bits per heavy atom. The first-order valence-electron chi connectivity index (χ1n) is 4.84. The smallest absolute Gasteiger partial charge is 0.229 e. The van der Waals surface area contributed by atoms with E-state index in [0.717, 1.165) is 0 Å². The van der Waals surface area contributed by atoms with Gasteiger partial charge < -0.3 is 11.1 Å². The van der Waals surface area contributed by atoms with E-state index in [0.29, 0.717) is 17.5 Å². The summed E-state index contributed by atoms with van der Waals surface area (Å²) in [5.74, 6) is 0.803. The molecule has 2 aromatic rings. The van der Waals surface area contributed by atoms with E-state index in [1.165, 1.54) is 12.1 Å². The molecular weight excluding hydrogens is 209 g/mol. The topological polar surface area (TPSA) is 68.8 Å². The molecule has 5 nitrogen and oxygen atoms in total. The number of benzene rings is 1. The second-order valence-corrected chi connectivity index (χ2v) is 3.21. The van der Waals surface area contributed by atoms with Gasteiger partial charge >= 0.3 is 0 Å². The van der Waals surface area contributed by atoms with Gasteiger partial charge in [0.1, 0.15) is 5.82 Å². The summed E-state index contributed by atoms with van der Waals surface area (Å²) in [5.41, 5.74) is 6.20. The molecule has 16 heavy (non-hydrogen) atoms. The van der Waals surface area contributed by atoms with E-state index in [1.54, 1.807) is 23.7 Å². The molecular formula is C10H12FN5. The molecule has 0 aliphatic heterocycles. The normalized spacial score (nSPS) is 10.4. The van der Waals surface area contributed by atoms with Crippen LogP contribution in [0.5, 0.6) is 0 Å². The van der Waals surface area contributed by atoms with E-state index in [4.69, 9.17) is 5.73 Å². The fraction of sp³-hybridized carbons (Fsp3) is 0.200. The number of hydrogen-bond donors (Lipinski definition) is 2. The van der Waals surface area contributed by atoms with Crippen LogP contribution >= 0.6 is 0 Å². The standard InChI is InChI=1S/C10H12FN5/c1-13-10-15-14-9(6-12)16(10)8-4-2-3-7(11)5-8/h2-5H,6,12H2,1H3,(H,13,15). The van der Waals surface area contributed by atoms with Gasteiger partial charge in [-0.25, -0.2) is 4.39 Å². The predicted molar refractivity (Wildman–Crippen MR) is 58.8 cm³/mol. The molecule has 1 aromatic carbocycles. The zero-order valence-electron chi connectivity index (χ0n) is 8.81. The third-order valence-electron chi connectivity index (χ3n) is 2.20. The van der Waals surface area contributed by atoms with Gasteiger partial charge in [-0.15, -0.1) is 10.2 Å². The van der Waals surface area contributed by atoms with Gasteiger partial charge in [0, 0.05) is 7.05 Å². The number of nitrogens with one attached hydrogen (secondary N) is 1. The molecule has 0 saturated heterocycles. The molecule has 0 bridgehead atoms. The molecule has 6 heteroatoms. The Bertz CT molecular complexity index is 472. The van der Waals surface area contributed by atoms with Crippen molar-refractivity contribution in [3.63, 3.8) is 0 Å². The lowest BCUT2D eigenvalue weighted by atomic mass is 10.3. The van der Waals surface area contributed by atoms with Gasteiger partial charge in [0.2, 0.25) is 5.95 Å². The van der Waals surface area contributed by atoms with E-state index < -0.39 is 0 Å². The first kappa shape index (κ1) is 10.6. The van der Waals surface area contributed by atoms with Crippen LogP contribution in [0.15, 0.2) is 24.3 Å². The zero-order chi connectivity index (χ0) is 11.5. The zero-order valence-corrected chi connectivity index (χ0v) is 8.81. The lowest BCUT2D eigenvalue weighted by molar-refractivity contribution is 0.626. The first-order chi connectivity index (χ1) is 7.76. The lowest BCUT2D eigenvalue weighted by Crippen LogP contribution is -2.09. The third-order valence-corrected chi connectivity index (χ3v) is 2.20. The Balaban J connectivity index is 2.57. The second kappa shape index (κ2) is 4.28. The molecule has 84 valence electrons. The fourth-order valence-corrected chi connectivity index (χ4v) is 1.50.